The Morgan fingerprint density at radius 1 is 0.811 bits per heavy atom. The molecule has 0 fully saturated rings. The minimum atomic E-state index is -1.63. The molecule has 0 radical (unpaired) electrons. The Labute approximate surface area is 206 Å². The van der Waals surface area contributed by atoms with Crippen molar-refractivity contribution in [2.45, 2.75) is 5.92 Å². The van der Waals surface area contributed by atoms with Crippen LogP contribution >= 0.6 is 0 Å². The minimum absolute atomic E-state index is 0.0523. The van der Waals surface area contributed by atoms with Crippen molar-refractivity contribution in [2.24, 2.45) is 0 Å². The Hall–Kier alpha value is -5.32. The predicted octanol–water partition coefficient (Wildman–Crippen LogP) is 4.11. The summed E-state index contributed by atoms with van der Waals surface area (Å²) in [5, 5.41) is 44.6. The van der Waals surface area contributed by atoms with Gasteiger partial charge in [0.25, 0.3) is 0 Å². The monoisotopic (exact) mass is 503 g/mol. The van der Waals surface area contributed by atoms with Crippen LogP contribution in [0.5, 0.6) is 23.0 Å². The molecule has 11 nitrogen and oxygen atoms in total. The summed E-state index contributed by atoms with van der Waals surface area (Å²) in [7, 11) is 1.15. The van der Waals surface area contributed by atoms with Crippen LogP contribution in [0.15, 0.2) is 79.1 Å². The number of rotatable bonds is 5. The van der Waals surface area contributed by atoms with Crippen molar-refractivity contribution < 1.29 is 33.8 Å². The Balaban J connectivity index is 1.96. The molecule has 0 saturated carbocycles. The Morgan fingerprint density at radius 2 is 1.30 bits per heavy atom. The summed E-state index contributed by atoms with van der Waals surface area (Å²) in [5.41, 5.74) is -3.94. The second-order valence-corrected chi connectivity index (χ2v) is 8.08. The Morgan fingerprint density at radius 3 is 1.76 bits per heavy atom. The zero-order valence-corrected chi connectivity index (χ0v) is 19.0. The summed E-state index contributed by atoms with van der Waals surface area (Å²) in [6.45, 7) is 0. The molecule has 0 saturated heterocycles. The predicted molar refractivity (Wildman–Crippen MR) is 131 cm³/mol. The fourth-order valence-electron chi connectivity index (χ4n) is 4.36. The summed E-state index contributed by atoms with van der Waals surface area (Å²) >= 11 is 0. The molecule has 0 amide bonds. The van der Waals surface area contributed by atoms with Gasteiger partial charge in [-0.05, 0) is 35.9 Å². The van der Waals surface area contributed by atoms with Gasteiger partial charge >= 0.3 is 16.9 Å². The van der Waals surface area contributed by atoms with Crippen LogP contribution in [0.4, 0.5) is 5.69 Å². The summed E-state index contributed by atoms with van der Waals surface area (Å²) in [6, 6.07) is 14.2. The van der Waals surface area contributed by atoms with Gasteiger partial charge in [-0.25, -0.2) is 9.59 Å². The largest absolute Gasteiger partial charge is 0.507 e. The first-order valence-electron chi connectivity index (χ1n) is 10.8. The molecule has 5 rings (SSSR count). The number of nitrogens with zero attached hydrogens (tertiary/aromatic N) is 1. The lowest BCUT2D eigenvalue weighted by atomic mass is 9.84. The first-order chi connectivity index (χ1) is 17.7. The molecule has 0 bridgehead atoms. The van der Waals surface area contributed by atoms with Crippen molar-refractivity contribution in [2.75, 3.05) is 7.11 Å². The van der Waals surface area contributed by atoms with E-state index in [4.69, 9.17) is 13.6 Å². The highest BCUT2D eigenvalue weighted by Crippen LogP contribution is 2.46. The van der Waals surface area contributed by atoms with Crippen molar-refractivity contribution in [3.63, 3.8) is 0 Å². The highest BCUT2D eigenvalue weighted by atomic mass is 16.6. The highest BCUT2D eigenvalue weighted by Gasteiger charge is 2.35. The van der Waals surface area contributed by atoms with Gasteiger partial charge in [-0.15, -0.1) is 0 Å². The first kappa shape index (κ1) is 23.4. The van der Waals surface area contributed by atoms with E-state index >= 15 is 0 Å². The van der Waals surface area contributed by atoms with Gasteiger partial charge in [-0.1, -0.05) is 24.3 Å². The molecule has 37 heavy (non-hydrogen) atoms. The Kier molecular flexibility index (Phi) is 5.52. The number of aromatic hydroxyl groups is 3. The maximum absolute atomic E-state index is 13.2. The molecule has 2 aromatic heterocycles. The van der Waals surface area contributed by atoms with Gasteiger partial charge in [0.2, 0.25) is 5.75 Å². The van der Waals surface area contributed by atoms with E-state index in [0.717, 1.165) is 19.2 Å². The number of nitro groups is 1. The molecule has 11 heteroatoms. The minimum Gasteiger partial charge on any atom is -0.507 e. The third-order valence-electron chi connectivity index (χ3n) is 6.04. The number of phenolic OH excluding ortho intramolecular Hbond substituents is 1. The zero-order chi connectivity index (χ0) is 26.4. The van der Waals surface area contributed by atoms with Gasteiger partial charge in [-0.2, -0.15) is 0 Å². The van der Waals surface area contributed by atoms with E-state index in [2.05, 4.69) is 0 Å². The first-order valence-corrected chi connectivity index (χ1v) is 10.8. The molecule has 3 N–H and O–H groups in total. The van der Waals surface area contributed by atoms with E-state index in [0.29, 0.717) is 0 Å². The third kappa shape index (κ3) is 3.69. The number of benzene rings is 3. The number of ether oxygens (including phenoxy) is 1. The van der Waals surface area contributed by atoms with Crippen LogP contribution in [0.2, 0.25) is 0 Å². The number of para-hydroxylation sites is 2. The summed E-state index contributed by atoms with van der Waals surface area (Å²) in [5.74, 6) is -3.91. The van der Waals surface area contributed by atoms with Crippen molar-refractivity contribution in [3.05, 3.63) is 108 Å². The van der Waals surface area contributed by atoms with Gasteiger partial charge in [0.05, 0.1) is 39.9 Å². The van der Waals surface area contributed by atoms with E-state index in [1.807, 2.05) is 0 Å². The normalized spacial score (nSPS) is 11.3. The SMILES string of the molecule is COc1cc(C(c2c(O)c3ccccc3oc2=O)c2c(O)c3ccccc3oc2=O)cc([N+](=O)[O-])c1O. The molecule has 186 valence electrons. The van der Waals surface area contributed by atoms with E-state index in [9.17, 15) is 35.0 Å². The summed E-state index contributed by atoms with van der Waals surface area (Å²) in [4.78, 5) is 37.2. The quantitative estimate of drug-likeness (QED) is 0.180. The number of methoxy groups -OCH3 is 1. The Bertz CT molecular complexity index is 1740. The molecule has 0 aliphatic carbocycles. The van der Waals surface area contributed by atoms with Crippen LogP contribution in [-0.4, -0.2) is 27.4 Å². The van der Waals surface area contributed by atoms with Gasteiger partial charge in [-0.3, -0.25) is 10.1 Å². The van der Waals surface area contributed by atoms with Gasteiger partial charge in [0.1, 0.15) is 22.7 Å². The molecule has 3 aromatic carbocycles. The number of phenols is 1. The van der Waals surface area contributed by atoms with E-state index in [-0.39, 0.29) is 33.3 Å². The fourth-order valence-corrected chi connectivity index (χ4v) is 4.36. The smallest absolute Gasteiger partial charge is 0.344 e. The second kappa shape index (κ2) is 8.72. The number of hydrogen-bond donors (Lipinski definition) is 3. The molecule has 0 unspecified atom stereocenters. The molecule has 5 aromatic rings. The standard InChI is InChI=1S/C26H17NO10/c1-35-18-11-12(10-15(24(18)30)27(33)34)19(20-22(28)13-6-2-4-8-16(13)36-25(20)31)21-23(29)14-7-3-5-9-17(14)37-26(21)32/h2-11,19,28-30H,1H3. The summed E-state index contributed by atoms with van der Waals surface area (Å²) in [6.07, 6.45) is 0. The molecular weight excluding hydrogens is 486 g/mol. The van der Waals surface area contributed by atoms with Crippen molar-refractivity contribution >= 4 is 27.6 Å². The van der Waals surface area contributed by atoms with Crippen molar-refractivity contribution in [3.8, 4) is 23.0 Å². The third-order valence-corrected chi connectivity index (χ3v) is 6.04. The molecule has 0 atom stereocenters. The second-order valence-electron chi connectivity index (χ2n) is 8.08. The number of nitro benzene ring substituents is 1. The topological polar surface area (TPSA) is 173 Å². The number of fused-ring (bicyclic) bond motifs is 2. The summed E-state index contributed by atoms with van der Waals surface area (Å²) < 4.78 is 15.8. The van der Waals surface area contributed by atoms with Crippen molar-refractivity contribution in [1.29, 1.82) is 0 Å². The van der Waals surface area contributed by atoms with E-state index < -0.39 is 56.2 Å². The molecule has 0 aliphatic heterocycles. The molecule has 0 aliphatic rings. The van der Waals surface area contributed by atoms with Crippen LogP contribution in [0.3, 0.4) is 0 Å². The van der Waals surface area contributed by atoms with Crippen molar-refractivity contribution in [1.82, 2.24) is 0 Å². The number of hydrogen-bond acceptors (Lipinski definition) is 10. The van der Waals surface area contributed by atoms with Crippen LogP contribution in [0, 0.1) is 10.1 Å². The fraction of sp³-hybridized carbons (Fsp3) is 0.0769. The van der Waals surface area contributed by atoms with Crippen LogP contribution in [-0.2, 0) is 0 Å². The average Bonchev–Trinajstić information content (AvgIpc) is 2.87. The molecule has 2 heterocycles. The van der Waals surface area contributed by atoms with Gasteiger partial charge in [0.15, 0.2) is 5.75 Å². The lowest BCUT2D eigenvalue weighted by Crippen LogP contribution is -2.21. The maximum atomic E-state index is 13.2. The lowest BCUT2D eigenvalue weighted by molar-refractivity contribution is -0.386. The van der Waals surface area contributed by atoms with Crippen LogP contribution in [0.1, 0.15) is 22.6 Å². The average molecular weight is 503 g/mol. The molecule has 0 spiro atoms. The maximum Gasteiger partial charge on any atom is 0.344 e. The van der Waals surface area contributed by atoms with Crippen LogP contribution < -0.4 is 16.0 Å². The van der Waals surface area contributed by atoms with Gasteiger partial charge in [0, 0.05) is 6.07 Å². The van der Waals surface area contributed by atoms with Gasteiger partial charge < -0.3 is 28.9 Å². The lowest BCUT2D eigenvalue weighted by Gasteiger charge is -2.20. The highest BCUT2D eigenvalue weighted by molar-refractivity contribution is 5.87. The molecular formula is C26H17NO10. The van der Waals surface area contributed by atoms with E-state index in [1.165, 1.54) is 24.3 Å². The van der Waals surface area contributed by atoms with E-state index in [1.54, 1.807) is 24.3 Å². The zero-order valence-electron chi connectivity index (χ0n) is 19.0. The van der Waals surface area contributed by atoms with Crippen LogP contribution in [0.25, 0.3) is 21.9 Å².